The molecule has 0 bridgehead atoms. The maximum absolute atomic E-state index is 5.23. The number of ether oxygens (including phenoxy) is 1. The Balaban J connectivity index is 0.000000750. The summed E-state index contributed by atoms with van der Waals surface area (Å²) in [5.74, 6) is 0.980. The molecular weight excluding hydrogens is 198 g/mol. The Hall–Kier alpha value is -0.890. The van der Waals surface area contributed by atoms with Gasteiger partial charge in [-0.3, -0.25) is 0 Å². The summed E-state index contributed by atoms with van der Waals surface area (Å²) < 4.78 is 5.23. The van der Waals surface area contributed by atoms with E-state index in [1.165, 1.54) is 24.1 Å². The summed E-state index contributed by atoms with van der Waals surface area (Å²) >= 11 is 0. The number of rotatable bonds is 1. The smallest absolute Gasteiger partial charge is 0.119 e. The fraction of sp³-hybridized carbons (Fsp3) is 0.455. The molecule has 2 aliphatic rings. The highest BCUT2D eigenvalue weighted by atomic mass is 35.5. The van der Waals surface area contributed by atoms with E-state index in [-0.39, 0.29) is 12.4 Å². The van der Waals surface area contributed by atoms with Crippen LogP contribution in [0.1, 0.15) is 18.4 Å². The van der Waals surface area contributed by atoms with Crippen LogP contribution in [0, 0.1) is 0 Å². The van der Waals surface area contributed by atoms with Crippen molar-refractivity contribution < 1.29 is 4.74 Å². The average Bonchev–Trinajstić information content (AvgIpc) is 2.86. The third kappa shape index (κ3) is 1.17. The molecule has 1 aromatic carbocycles. The van der Waals surface area contributed by atoms with Gasteiger partial charge in [0.15, 0.2) is 0 Å². The number of fused-ring (bicyclic) bond motifs is 2. The summed E-state index contributed by atoms with van der Waals surface area (Å²) in [5.41, 5.74) is 3.24. The minimum Gasteiger partial charge on any atom is -0.497 e. The van der Waals surface area contributed by atoms with E-state index in [9.17, 15) is 0 Å². The van der Waals surface area contributed by atoms with Crippen LogP contribution >= 0.6 is 12.4 Å². The lowest BCUT2D eigenvalue weighted by Gasteiger charge is -2.07. The van der Waals surface area contributed by atoms with E-state index in [1.54, 1.807) is 7.11 Å². The molecule has 3 heteroatoms. The number of nitrogens with one attached hydrogen (secondary N) is 1. The van der Waals surface area contributed by atoms with Crippen molar-refractivity contribution in [2.75, 3.05) is 19.0 Å². The van der Waals surface area contributed by atoms with Crippen LogP contribution < -0.4 is 10.1 Å². The van der Waals surface area contributed by atoms with Gasteiger partial charge in [-0.05, 0) is 36.6 Å². The largest absolute Gasteiger partial charge is 0.497 e. The molecule has 76 valence electrons. The molecule has 1 spiro atoms. The van der Waals surface area contributed by atoms with Crippen molar-refractivity contribution in [1.82, 2.24) is 0 Å². The SMILES string of the molecule is COc1ccc2c(c1)C1(CC1)CN2.Cl. The van der Waals surface area contributed by atoms with Gasteiger partial charge in [0.05, 0.1) is 7.11 Å². The predicted molar refractivity (Wildman–Crippen MR) is 59.6 cm³/mol. The molecule has 1 heterocycles. The van der Waals surface area contributed by atoms with E-state index in [0.29, 0.717) is 5.41 Å². The molecule has 1 aliphatic carbocycles. The second kappa shape index (κ2) is 3.06. The topological polar surface area (TPSA) is 21.3 Å². The van der Waals surface area contributed by atoms with Crippen LogP contribution in [0.5, 0.6) is 5.75 Å². The molecule has 1 aliphatic heterocycles. The molecule has 0 radical (unpaired) electrons. The molecule has 0 amide bonds. The van der Waals surface area contributed by atoms with Crippen molar-refractivity contribution in [2.24, 2.45) is 0 Å². The summed E-state index contributed by atoms with van der Waals surface area (Å²) in [7, 11) is 1.73. The Bertz CT molecular complexity index is 360. The van der Waals surface area contributed by atoms with Crippen LogP contribution in [0.25, 0.3) is 0 Å². The Morgan fingerprint density at radius 1 is 1.36 bits per heavy atom. The minimum absolute atomic E-state index is 0. The maximum Gasteiger partial charge on any atom is 0.119 e. The van der Waals surface area contributed by atoms with Crippen LogP contribution in [0.4, 0.5) is 5.69 Å². The second-order valence-electron chi connectivity index (χ2n) is 4.05. The van der Waals surface area contributed by atoms with Gasteiger partial charge in [-0.25, -0.2) is 0 Å². The van der Waals surface area contributed by atoms with Gasteiger partial charge in [0.2, 0.25) is 0 Å². The Morgan fingerprint density at radius 2 is 2.14 bits per heavy atom. The van der Waals surface area contributed by atoms with Gasteiger partial charge in [0.25, 0.3) is 0 Å². The molecule has 0 aromatic heterocycles. The van der Waals surface area contributed by atoms with Gasteiger partial charge >= 0.3 is 0 Å². The maximum atomic E-state index is 5.23. The molecule has 3 rings (SSSR count). The lowest BCUT2D eigenvalue weighted by atomic mass is 9.98. The Labute approximate surface area is 90.1 Å². The van der Waals surface area contributed by atoms with Crippen LogP contribution in [0.3, 0.4) is 0 Å². The lowest BCUT2D eigenvalue weighted by molar-refractivity contribution is 0.414. The van der Waals surface area contributed by atoms with Gasteiger partial charge < -0.3 is 10.1 Å². The van der Waals surface area contributed by atoms with Gasteiger partial charge in [-0.1, -0.05) is 0 Å². The van der Waals surface area contributed by atoms with Crippen LogP contribution in [0.2, 0.25) is 0 Å². The number of halogens is 1. The van der Waals surface area contributed by atoms with Gasteiger partial charge in [0, 0.05) is 17.6 Å². The first-order valence-corrected chi connectivity index (χ1v) is 4.76. The number of anilines is 1. The van der Waals surface area contributed by atoms with E-state index in [0.717, 1.165) is 12.3 Å². The first kappa shape index (κ1) is 9.66. The fourth-order valence-corrected chi connectivity index (χ4v) is 2.20. The third-order valence-corrected chi connectivity index (χ3v) is 3.27. The highest BCUT2D eigenvalue weighted by Gasteiger charge is 2.48. The highest BCUT2D eigenvalue weighted by Crippen LogP contribution is 2.54. The summed E-state index contributed by atoms with van der Waals surface area (Å²) in [6, 6.07) is 6.33. The molecule has 1 N–H and O–H groups in total. The van der Waals surface area contributed by atoms with E-state index < -0.39 is 0 Å². The van der Waals surface area contributed by atoms with E-state index in [4.69, 9.17) is 4.74 Å². The highest BCUT2D eigenvalue weighted by molar-refractivity contribution is 5.85. The van der Waals surface area contributed by atoms with Crippen LogP contribution in [-0.2, 0) is 5.41 Å². The standard InChI is InChI=1S/C11H13NO.ClH/c1-13-8-2-3-10-9(6-8)11(4-5-11)7-12-10;/h2-3,6,12H,4-5,7H2,1H3;1H. The Morgan fingerprint density at radius 3 is 2.79 bits per heavy atom. The molecule has 1 fully saturated rings. The number of hydrogen-bond acceptors (Lipinski definition) is 2. The lowest BCUT2D eigenvalue weighted by Crippen LogP contribution is -2.08. The zero-order chi connectivity index (χ0) is 8.89. The van der Waals surface area contributed by atoms with Gasteiger partial charge in [0.1, 0.15) is 5.75 Å². The predicted octanol–water partition coefficient (Wildman–Crippen LogP) is 2.57. The fourth-order valence-electron chi connectivity index (χ4n) is 2.20. The van der Waals surface area contributed by atoms with Crippen molar-refractivity contribution in [3.63, 3.8) is 0 Å². The molecule has 14 heavy (non-hydrogen) atoms. The van der Waals surface area contributed by atoms with Crippen molar-refractivity contribution >= 4 is 18.1 Å². The van der Waals surface area contributed by atoms with E-state index >= 15 is 0 Å². The summed E-state index contributed by atoms with van der Waals surface area (Å²) in [6.07, 6.45) is 2.67. The summed E-state index contributed by atoms with van der Waals surface area (Å²) in [4.78, 5) is 0. The number of methoxy groups -OCH3 is 1. The average molecular weight is 212 g/mol. The van der Waals surface area contributed by atoms with Crippen molar-refractivity contribution in [1.29, 1.82) is 0 Å². The summed E-state index contributed by atoms with van der Waals surface area (Å²) in [5, 5.41) is 3.45. The summed E-state index contributed by atoms with van der Waals surface area (Å²) in [6.45, 7) is 1.12. The zero-order valence-corrected chi connectivity index (χ0v) is 8.99. The van der Waals surface area contributed by atoms with E-state index in [1.807, 2.05) is 6.07 Å². The first-order valence-electron chi connectivity index (χ1n) is 4.76. The van der Waals surface area contributed by atoms with Crippen molar-refractivity contribution in [2.45, 2.75) is 18.3 Å². The van der Waals surface area contributed by atoms with Crippen molar-refractivity contribution in [3.05, 3.63) is 23.8 Å². The zero-order valence-electron chi connectivity index (χ0n) is 8.17. The molecule has 0 saturated heterocycles. The second-order valence-corrected chi connectivity index (χ2v) is 4.05. The van der Waals surface area contributed by atoms with E-state index in [2.05, 4.69) is 17.4 Å². The van der Waals surface area contributed by atoms with Crippen LogP contribution in [0.15, 0.2) is 18.2 Å². The van der Waals surface area contributed by atoms with Crippen molar-refractivity contribution in [3.8, 4) is 5.75 Å². The molecule has 0 unspecified atom stereocenters. The molecule has 1 aromatic rings. The van der Waals surface area contributed by atoms with Crippen LogP contribution in [-0.4, -0.2) is 13.7 Å². The molecule has 1 saturated carbocycles. The van der Waals surface area contributed by atoms with Gasteiger partial charge in [-0.2, -0.15) is 0 Å². The molecule has 2 nitrogen and oxygen atoms in total. The Kier molecular flexibility index (Phi) is 2.11. The third-order valence-electron chi connectivity index (χ3n) is 3.27. The first-order chi connectivity index (χ1) is 6.34. The quantitative estimate of drug-likeness (QED) is 0.771. The normalized spacial score (nSPS) is 19.5. The minimum atomic E-state index is 0. The number of hydrogen-bond donors (Lipinski definition) is 1. The van der Waals surface area contributed by atoms with Gasteiger partial charge in [-0.15, -0.1) is 12.4 Å². The molecular formula is C11H14ClNO. The molecule has 0 atom stereocenters. The number of benzene rings is 1. The monoisotopic (exact) mass is 211 g/mol.